The molecule has 2 amide bonds. The van der Waals surface area contributed by atoms with Gasteiger partial charge in [0.25, 0.3) is 5.91 Å². The van der Waals surface area contributed by atoms with Crippen LogP contribution in [0.3, 0.4) is 0 Å². The van der Waals surface area contributed by atoms with E-state index in [2.05, 4.69) is 25.8 Å². The number of fused-ring (bicyclic) bond motifs is 1. The van der Waals surface area contributed by atoms with Crippen LogP contribution in [-0.2, 0) is 4.79 Å². The topological polar surface area (TPSA) is 79.0 Å². The standard InChI is InChI=1S/C30H36N4O2/c1-30(2,3)25-12-15-34(19-25)28(35)21-8-6-20(7-9-21)22-10-11-23-16-24(18-27(31)32-26(23)17-22)29(36)33-13-4-5-14-33/h6-11,16-17,25H,4-5,12-15,18-19H2,1-3H3,(H2,31,32). The number of nitrogens with zero attached hydrogens (tertiary/aromatic N) is 3. The highest BCUT2D eigenvalue weighted by Crippen LogP contribution is 2.35. The molecule has 2 aromatic rings. The predicted octanol–water partition coefficient (Wildman–Crippen LogP) is 5.26. The maximum absolute atomic E-state index is 13.1. The van der Waals surface area contributed by atoms with Crippen molar-refractivity contribution in [2.45, 2.75) is 46.5 Å². The Morgan fingerprint density at radius 3 is 2.28 bits per heavy atom. The summed E-state index contributed by atoms with van der Waals surface area (Å²) in [5, 5.41) is 0. The molecule has 0 bridgehead atoms. The second-order valence-electron chi connectivity index (χ2n) is 11.4. The van der Waals surface area contributed by atoms with E-state index in [9.17, 15) is 9.59 Å². The number of carbonyl (C=O) groups excluding carboxylic acids is 2. The Morgan fingerprint density at radius 1 is 0.917 bits per heavy atom. The molecule has 0 saturated carbocycles. The molecule has 3 aliphatic rings. The van der Waals surface area contributed by atoms with Crippen LogP contribution in [0.2, 0.25) is 0 Å². The number of nitrogens with two attached hydrogens (primary N) is 1. The average molecular weight is 485 g/mol. The Hall–Kier alpha value is -3.41. The smallest absolute Gasteiger partial charge is 0.253 e. The first-order valence-corrected chi connectivity index (χ1v) is 13.1. The number of hydrogen-bond donors (Lipinski definition) is 1. The summed E-state index contributed by atoms with van der Waals surface area (Å²) in [4.78, 5) is 34.5. The summed E-state index contributed by atoms with van der Waals surface area (Å²) in [6, 6.07) is 13.9. The summed E-state index contributed by atoms with van der Waals surface area (Å²) >= 11 is 0. The van der Waals surface area contributed by atoms with E-state index in [-0.39, 0.29) is 17.2 Å². The molecule has 2 aromatic carbocycles. The van der Waals surface area contributed by atoms with Crippen molar-refractivity contribution in [3.05, 3.63) is 59.2 Å². The van der Waals surface area contributed by atoms with Gasteiger partial charge >= 0.3 is 0 Å². The SMILES string of the molecule is CC(C)(C)C1CCN(C(=O)c2ccc(-c3ccc4c(c3)N=C(N)CC(C(=O)N3CCCC3)=C4)cc2)C1. The van der Waals surface area contributed by atoms with Gasteiger partial charge in [-0.1, -0.05) is 45.0 Å². The van der Waals surface area contributed by atoms with Crippen molar-refractivity contribution in [2.75, 3.05) is 26.2 Å². The zero-order valence-corrected chi connectivity index (χ0v) is 21.6. The van der Waals surface area contributed by atoms with Crippen LogP contribution in [0, 0.1) is 11.3 Å². The second-order valence-corrected chi connectivity index (χ2v) is 11.4. The lowest BCUT2D eigenvalue weighted by Crippen LogP contribution is -2.31. The maximum atomic E-state index is 13.1. The molecule has 6 nitrogen and oxygen atoms in total. The van der Waals surface area contributed by atoms with Crippen molar-refractivity contribution in [3.8, 4) is 11.1 Å². The maximum Gasteiger partial charge on any atom is 0.253 e. The number of hydrogen-bond acceptors (Lipinski definition) is 4. The van der Waals surface area contributed by atoms with Crippen LogP contribution in [-0.4, -0.2) is 53.6 Å². The molecular formula is C30H36N4O2. The highest BCUT2D eigenvalue weighted by Gasteiger charge is 2.34. The first-order valence-electron chi connectivity index (χ1n) is 13.1. The van der Waals surface area contributed by atoms with Gasteiger partial charge in [0, 0.05) is 49.3 Å². The highest BCUT2D eigenvalue weighted by molar-refractivity contribution is 6.05. The Bertz CT molecular complexity index is 1230. The molecule has 2 N–H and O–H groups in total. The number of benzene rings is 2. The molecule has 2 saturated heterocycles. The number of aliphatic imine (C=N–C) groups is 1. The largest absolute Gasteiger partial charge is 0.387 e. The molecule has 36 heavy (non-hydrogen) atoms. The van der Waals surface area contributed by atoms with E-state index in [1.807, 2.05) is 58.3 Å². The Labute approximate surface area is 213 Å². The van der Waals surface area contributed by atoms with Crippen LogP contribution in [0.15, 0.2) is 53.0 Å². The van der Waals surface area contributed by atoms with Gasteiger partial charge in [0.05, 0.1) is 5.69 Å². The van der Waals surface area contributed by atoms with E-state index in [0.29, 0.717) is 23.7 Å². The van der Waals surface area contributed by atoms with Crippen LogP contribution in [0.25, 0.3) is 17.2 Å². The third-order valence-electron chi connectivity index (χ3n) is 7.83. The number of rotatable bonds is 3. The van der Waals surface area contributed by atoms with E-state index < -0.39 is 0 Å². The Kier molecular flexibility index (Phi) is 6.45. The van der Waals surface area contributed by atoms with E-state index in [1.54, 1.807) is 0 Å². The third kappa shape index (κ3) is 4.95. The summed E-state index contributed by atoms with van der Waals surface area (Å²) in [6.07, 6.45) is 5.48. The monoisotopic (exact) mass is 484 g/mol. The quantitative estimate of drug-likeness (QED) is 0.645. The van der Waals surface area contributed by atoms with Crippen molar-refractivity contribution < 1.29 is 9.59 Å². The van der Waals surface area contributed by atoms with Crippen molar-refractivity contribution >= 4 is 29.4 Å². The number of amidine groups is 1. The molecule has 3 aliphatic heterocycles. The summed E-state index contributed by atoms with van der Waals surface area (Å²) in [6.45, 7) is 10.0. The molecule has 0 spiro atoms. The van der Waals surface area contributed by atoms with Crippen LogP contribution in [0.1, 0.15) is 62.4 Å². The second kappa shape index (κ2) is 9.57. The first-order chi connectivity index (χ1) is 17.2. The molecule has 1 atom stereocenters. The molecule has 3 heterocycles. The number of carbonyl (C=O) groups is 2. The van der Waals surface area contributed by atoms with E-state index in [1.165, 1.54) is 0 Å². The highest BCUT2D eigenvalue weighted by atomic mass is 16.2. The summed E-state index contributed by atoms with van der Waals surface area (Å²) in [7, 11) is 0. The summed E-state index contributed by atoms with van der Waals surface area (Å²) in [5.74, 6) is 1.15. The predicted molar refractivity (Wildman–Crippen MR) is 145 cm³/mol. The minimum Gasteiger partial charge on any atom is -0.387 e. The van der Waals surface area contributed by atoms with E-state index in [0.717, 1.165) is 73.4 Å². The average Bonchev–Trinajstić information content (AvgIpc) is 3.54. The van der Waals surface area contributed by atoms with Gasteiger partial charge < -0.3 is 15.5 Å². The van der Waals surface area contributed by atoms with Gasteiger partial charge in [0.2, 0.25) is 5.91 Å². The lowest BCUT2D eigenvalue weighted by atomic mass is 9.80. The molecule has 2 fully saturated rings. The van der Waals surface area contributed by atoms with Crippen molar-refractivity contribution in [3.63, 3.8) is 0 Å². The molecule has 0 radical (unpaired) electrons. The molecule has 188 valence electrons. The Morgan fingerprint density at radius 2 is 1.61 bits per heavy atom. The minimum absolute atomic E-state index is 0.0645. The molecular weight excluding hydrogens is 448 g/mol. The lowest BCUT2D eigenvalue weighted by molar-refractivity contribution is -0.126. The van der Waals surface area contributed by atoms with Gasteiger partial charge in [-0.2, -0.15) is 0 Å². The minimum atomic E-state index is 0.0645. The zero-order chi connectivity index (χ0) is 25.4. The van der Waals surface area contributed by atoms with Crippen molar-refractivity contribution in [1.82, 2.24) is 9.80 Å². The molecule has 6 heteroatoms. The normalized spacial score (nSPS) is 20.0. The fraction of sp³-hybridized carbons (Fsp3) is 0.433. The summed E-state index contributed by atoms with van der Waals surface area (Å²) in [5.41, 5.74) is 11.5. The summed E-state index contributed by atoms with van der Waals surface area (Å²) < 4.78 is 0. The molecule has 1 unspecified atom stereocenters. The lowest BCUT2D eigenvalue weighted by Gasteiger charge is -2.27. The van der Waals surface area contributed by atoms with E-state index >= 15 is 0 Å². The van der Waals surface area contributed by atoms with Gasteiger partial charge in [-0.3, -0.25) is 9.59 Å². The fourth-order valence-electron chi connectivity index (χ4n) is 5.47. The van der Waals surface area contributed by atoms with Crippen LogP contribution in [0.5, 0.6) is 0 Å². The fourth-order valence-corrected chi connectivity index (χ4v) is 5.47. The first kappa shape index (κ1) is 24.3. The van der Waals surface area contributed by atoms with Gasteiger partial charge in [-0.25, -0.2) is 4.99 Å². The van der Waals surface area contributed by atoms with Gasteiger partial charge in [0.1, 0.15) is 5.84 Å². The van der Waals surface area contributed by atoms with Crippen LogP contribution < -0.4 is 5.73 Å². The van der Waals surface area contributed by atoms with Gasteiger partial charge in [-0.05, 0) is 66.0 Å². The number of amides is 2. The zero-order valence-electron chi connectivity index (χ0n) is 21.6. The molecule has 5 rings (SSSR count). The number of likely N-dealkylation sites (tertiary alicyclic amines) is 2. The molecule has 0 aromatic heterocycles. The van der Waals surface area contributed by atoms with E-state index in [4.69, 9.17) is 5.73 Å². The molecule has 0 aliphatic carbocycles. The van der Waals surface area contributed by atoms with Gasteiger partial charge in [0.15, 0.2) is 0 Å². The van der Waals surface area contributed by atoms with Crippen LogP contribution >= 0.6 is 0 Å². The van der Waals surface area contributed by atoms with Crippen molar-refractivity contribution in [2.24, 2.45) is 22.1 Å². The van der Waals surface area contributed by atoms with Gasteiger partial charge in [-0.15, -0.1) is 0 Å². The third-order valence-corrected chi connectivity index (χ3v) is 7.83. The van der Waals surface area contributed by atoms with Crippen molar-refractivity contribution in [1.29, 1.82) is 0 Å². The van der Waals surface area contributed by atoms with Crippen LogP contribution in [0.4, 0.5) is 5.69 Å². The Balaban J connectivity index is 1.34.